The van der Waals surface area contributed by atoms with Crippen molar-refractivity contribution in [2.45, 2.75) is 19.9 Å². The lowest BCUT2D eigenvalue weighted by atomic mass is 10.2. The van der Waals surface area contributed by atoms with Gasteiger partial charge in [-0.2, -0.15) is 0 Å². The van der Waals surface area contributed by atoms with Gasteiger partial charge in [-0.25, -0.2) is 4.98 Å². The van der Waals surface area contributed by atoms with Crippen molar-refractivity contribution in [3.63, 3.8) is 0 Å². The van der Waals surface area contributed by atoms with Gasteiger partial charge in [0.25, 0.3) is 0 Å². The topological polar surface area (TPSA) is 37.8 Å². The van der Waals surface area contributed by atoms with E-state index in [4.69, 9.17) is 11.6 Å². The maximum atomic E-state index is 5.81. The normalized spacial score (nSPS) is 12.6. The van der Waals surface area contributed by atoms with Crippen molar-refractivity contribution in [2.75, 3.05) is 6.54 Å². The highest BCUT2D eigenvalue weighted by atomic mass is 35.5. The highest BCUT2D eigenvalue weighted by Crippen LogP contribution is 2.25. The third-order valence-corrected chi connectivity index (χ3v) is 3.53. The van der Waals surface area contributed by atoms with Gasteiger partial charge in [0.1, 0.15) is 5.01 Å². The van der Waals surface area contributed by atoms with Gasteiger partial charge in [-0.05, 0) is 25.6 Å². The second kappa shape index (κ2) is 5.58. The first-order valence-corrected chi connectivity index (χ1v) is 6.77. The molecule has 2 aromatic rings. The Kier molecular flexibility index (Phi) is 4.10. The van der Waals surface area contributed by atoms with E-state index < -0.39 is 0 Å². The van der Waals surface area contributed by atoms with Gasteiger partial charge in [-0.3, -0.25) is 4.98 Å². The molecule has 0 amide bonds. The summed E-state index contributed by atoms with van der Waals surface area (Å²) in [5.41, 5.74) is 1.93. The molecule has 0 saturated carbocycles. The third kappa shape index (κ3) is 3.03. The van der Waals surface area contributed by atoms with Crippen molar-refractivity contribution in [1.29, 1.82) is 0 Å². The van der Waals surface area contributed by atoms with Crippen molar-refractivity contribution in [3.8, 4) is 10.7 Å². The molecule has 2 rings (SSSR count). The van der Waals surface area contributed by atoms with E-state index in [2.05, 4.69) is 34.5 Å². The second-order valence-electron chi connectivity index (χ2n) is 3.72. The number of thiazole rings is 1. The van der Waals surface area contributed by atoms with Crippen LogP contribution in [0.25, 0.3) is 10.7 Å². The zero-order valence-corrected chi connectivity index (χ0v) is 11.3. The lowest BCUT2D eigenvalue weighted by molar-refractivity contribution is 0.587. The fourth-order valence-electron chi connectivity index (χ4n) is 1.52. The molecule has 3 nitrogen and oxygen atoms in total. The maximum Gasteiger partial charge on any atom is 0.142 e. The van der Waals surface area contributed by atoms with Crippen molar-refractivity contribution >= 4 is 22.9 Å². The summed E-state index contributed by atoms with van der Waals surface area (Å²) >= 11 is 7.41. The van der Waals surface area contributed by atoms with Gasteiger partial charge in [-0.15, -0.1) is 11.3 Å². The van der Waals surface area contributed by atoms with Crippen LogP contribution in [-0.2, 0) is 0 Å². The Morgan fingerprint density at radius 1 is 1.47 bits per heavy atom. The summed E-state index contributed by atoms with van der Waals surface area (Å²) < 4.78 is 0. The molecule has 1 unspecified atom stereocenters. The lowest BCUT2D eigenvalue weighted by Gasteiger charge is -2.08. The quantitative estimate of drug-likeness (QED) is 0.921. The molecule has 0 aliphatic carbocycles. The van der Waals surface area contributed by atoms with Crippen molar-refractivity contribution in [3.05, 3.63) is 34.4 Å². The van der Waals surface area contributed by atoms with Gasteiger partial charge in [0.2, 0.25) is 0 Å². The van der Waals surface area contributed by atoms with Gasteiger partial charge < -0.3 is 5.32 Å². The molecular weight excluding hydrogens is 254 g/mol. The van der Waals surface area contributed by atoms with Crippen molar-refractivity contribution < 1.29 is 0 Å². The molecular formula is C12H14ClN3S. The van der Waals surface area contributed by atoms with E-state index in [0.29, 0.717) is 5.02 Å². The van der Waals surface area contributed by atoms with Crippen LogP contribution in [0.5, 0.6) is 0 Å². The maximum absolute atomic E-state index is 5.81. The van der Waals surface area contributed by atoms with Gasteiger partial charge >= 0.3 is 0 Å². The van der Waals surface area contributed by atoms with Crippen LogP contribution >= 0.6 is 22.9 Å². The van der Waals surface area contributed by atoms with E-state index in [9.17, 15) is 0 Å². The molecule has 0 radical (unpaired) electrons. The monoisotopic (exact) mass is 267 g/mol. The molecule has 1 N–H and O–H groups in total. The van der Waals surface area contributed by atoms with E-state index >= 15 is 0 Å². The van der Waals surface area contributed by atoms with E-state index in [1.807, 2.05) is 12.1 Å². The Labute approximate surface area is 110 Å². The van der Waals surface area contributed by atoms with Crippen molar-refractivity contribution in [1.82, 2.24) is 15.3 Å². The molecule has 0 aromatic carbocycles. The average Bonchev–Trinajstić information content (AvgIpc) is 2.80. The largest absolute Gasteiger partial charge is 0.309 e. The molecule has 2 aromatic heterocycles. The van der Waals surface area contributed by atoms with E-state index in [1.165, 1.54) is 0 Å². The summed E-state index contributed by atoms with van der Waals surface area (Å²) in [5, 5.41) is 6.98. The van der Waals surface area contributed by atoms with Gasteiger partial charge in [-0.1, -0.05) is 18.5 Å². The molecule has 90 valence electrons. The average molecular weight is 268 g/mol. The van der Waals surface area contributed by atoms with Gasteiger partial charge in [0, 0.05) is 17.6 Å². The van der Waals surface area contributed by atoms with Crippen molar-refractivity contribution in [2.24, 2.45) is 0 Å². The summed E-state index contributed by atoms with van der Waals surface area (Å²) in [5.74, 6) is 0. The van der Waals surface area contributed by atoms with E-state index in [0.717, 1.165) is 22.9 Å². The summed E-state index contributed by atoms with van der Waals surface area (Å²) in [6.07, 6.45) is 1.64. The molecule has 0 bridgehead atoms. The Bertz CT molecular complexity index is 481. The van der Waals surface area contributed by atoms with Crippen LogP contribution in [0.1, 0.15) is 25.6 Å². The second-order valence-corrected chi connectivity index (χ2v) is 5.01. The Hall–Kier alpha value is -0.970. The van der Waals surface area contributed by atoms with E-state index in [-0.39, 0.29) is 6.04 Å². The van der Waals surface area contributed by atoms with Crippen LogP contribution in [-0.4, -0.2) is 16.5 Å². The zero-order chi connectivity index (χ0) is 12.3. The van der Waals surface area contributed by atoms with Crippen LogP contribution in [0.4, 0.5) is 0 Å². The van der Waals surface area contributed by atoms with Gasteiger partial charge in [0.05, 0.1) is 16.4 Å². The number of hydrogen-bond acceptors (Lipinski definition) is 4. The molecule has 17 heavy (non-hydrogen) atoms. The van der Waals surface area contributed by atoms with Crippen LogP contribution in [0.3, 0.4) is 0 Å². The van der Waals surface area contributed by atoms with Gasteiger partial charge in [0.15, 0.2) is 0 Å². The molecule has 0 saturated heterocycles. The van der Waals surface area contributed by atoms with Crippen LogP contribution in [0.2, 0.25) is 5.02 Å². The first kappa shape index (κ1) is 12.5. The smallest absolute Gasteiger partial charge is 0.142 e. The van der Waals surface area contributed by atoms with E-state index in [1.54, 1.807) is 17.5 Å². The standard InChI is InChI=1S/C12H14ClN3S/c1-3-14-8(2)11-7-17-12(16-11)10-5-4-9(13)6-15-10/h4-8,14H,3H2,1-2H3. The molecule has 5 heteroatoms. The Morgan fingerprint density at radius 2 is 2.29 bits per heavy atom. The number of nitrogens with one attached hydrogen (secondary N) is 1. The molecule has 0 aliphatic heterocycles. The van der Waals surface area contributed by atoms with Crippen LogP contribution < -0.4 is 5.32 Å². The molecule has 0 fully saturated rings. The molecule has 0 aliphatic rings. The highest BCUT2D eigenvalue weighted by Gasteiger charge is 2.10. The Balaban J connectivity index is 2.20. The number of hydrogen-bond donors (Lipinski definition) is 1. The zero-order valence-electron chi connectivity index (χ0n) is 9.77. The third-order valence-electron chi connectivity index (χ3n) is 2.42. The number of rotatable bonds is 4. The minimum Gasteiger partial charge on any atom is -0.309 e. The first-order valence-electron chi connectivity index (χ1n) is 5.51. The minimum absolute atomic E-state index is 0.275. The van der Waals surface area contributed by atoms with Crippen LogP contribution in [0.15, 0.2) is 23.7 Å². The molecule has 2 heterocycles. The predicted octanol–water partition coefficient (Wildman–Crippen LogP) is 3.53. The number of nitrogens with zero attached hydrogens (tertiary/aromatic N) is 2. The number of halogens is 1. The fourth-order valence-corrected chi connectivity index (χ4v) is 2.52. The van der Waals surface area contributed by atoms with Crippen LogP contribution in [0, 0.1) is 0 Å². The predicted molar refractivity (Wildman–Crippen MR) is 72.4 cm³/mol. The summed E-state index contributed by atoms with van der Waals surface area (Å²) in [6.45, 7) is 5.13. The molecule has 0 spiro atoms. The summed E-state index contributed by atoms with van der Waals surface area (Å²) in [6, 6.07) is 4.00. The summed E-state index contributed by atoms with van der Waals surface area (Å²) in [7, 11) is 0. The minimum atomic E-state index is 0.275. The first-order chi connectivity index (χ1) is 8.20. The molecule has 1 atom stereocenters. The number of pyridine rings is 1. The highest BCUT2D eigenvalue weighted by molar-refractivity contribution is 7.13. The lowest BCUT2D eigenvalue weighted by Crippen LogP contribution is -2.17. The SMILES string of the molecule is CCNC(C)c1csc(-c2ccc(Cl)cn2)n1. The summed E-state index contributed by atoms with van der Waals surface area (Å²) in [4.78, 5) is 8.84. The number of aromatic nitrogens is 2. The fraction of sp³-hybridized carbons (Fsp3) is 0.333. The Morgan fingerprint density at radius 3 is 2.94 bits per heavy atom.